The van der Waals surface area contributed by atoms with Crippen LogP contribution in [0.2, 0.25) is 0 Å². The minimum Gasteiger partial charge on any atom is -0.461 e. The molecule has 1 fully saturated rings. The van der Waals surface area contributed by atoms with Gasteiger partial charge < -0.3 is 24.4 Å². The van der Waals surface area contributed by atoms with E-state index in [2.05, 4.69) is 20.6 Å². The summed E-state index contributed by atoms with van der Waals surface area (Å²) < 4.78 is 10.5. The van der Waals surface area contributed by atoms with E-state index < -0.39 is 5.91 Å². The van der Waals surface area contributed by atoms with Gasteiger partial charge in [0, 0.05) is 13.1 Å². The van der Waals surface area contributed by atoms with Crippen molar-refractivity contribution in [2.24, 2.45) is 0 Å². The summed E-state index contributed by atoms with van der Waals surface area (Å²) in [4.78, 5) is 34.1. The first-order valence-electron chi connectivity index (χ1n) is 7.97. The van der Waals surface area contributed by atoms with Crippen molar-refractivity contribution in [1.82, 2.24) is 15.3 Å². The third-order valence-corrected chi connectivity index (χ3v) is 3.90. The molecule has 4 rings (SSSR count). The van der Waals surface area contributed by atoms with E-state index in [1.165, 1.54) is 18.9 Å². The number of hydrogen-bond acceptors (Lipinski definition) is 7. The molecule has 0 radical (unpaired) electrons. The zero-order chi connectivity index (χ0) is 17.9. The highest BCUT2D eigenvalue weighted by Gasteiger charge is 2.21. The van der Waals surface area contributed by atoms with E-state index in [-0.39, 0.29) is 23.9 Å². The number of rotatable bonds is 4. The highest BCUT2D eigenvalue weighted by Crippen LogP contribution is 2.24. The van der Waals surface area contributed by atoms with Crippen molar-refractivity contribution in [2.75, 3.05) is 29.9 Å². The third-order valence-electron chi connectivity index (χ3n) is 3.90. The van der Waals surface area contributed by atoms with Crippen molar-refractivity contribution in [3.05, 3.63) is 48.8 Å². The molecule has 0 saturated carbocycles. The molecule has 4 heterocycles. The zero-order valence-electron chi connectivity index (χ0n) is 13.6. The molecule has 1 aliphatic rings. The largest absolute Gasteiger partial charge is 0.461 e. The van der Waals surface area contributed by atoms with Crippen molar-refractivity contribution in [2.45, 2.75) is 0 Å². The van der Waals surface area contributed by atoms with Crippen LogP contribution in [-0.2, 0) is 4.79 Å². The number of nitrogens with one attached hydrogen (secondary N) is 2. The third kappa shape index (κ3) is 3.14. The van der Waals surface area contributed by atoms with Crippen LogP contribution in [0.5, 0.6) is 0 Å². The first-order valence-corrected chi connectivity index (χ1v) is 7.97. The summed E-state index contributed by atoms with van der Waals surface area (Å²) >= 11 is 0. The average Bonchev–Trinajstić information content (AvgIpc) is 3.33. The molecule has 0 spiro atoms. The van der Waals surface area contributed by atoms with Crippen LogP contribution < -0.4 is 15.5 Å². The standard InChI is InChI=1S/C17H15N5O4/c23-14-9-22(6-5-18-14)13-4-3-11(8-19-13)21-17(24)15-16(26-10-20-15)12-2-1-7-25-12/h1-4,7-8,10H,5-6,9H2,(H,18,23)(H,21,24). The van der Waals surface area contributed by atoms with Gasteiger partial charge in [0.1, 0.15) is 5.82 Å². The molecule has 1 saturated heterocycles. The van der Waals surface area contributed by atoms with Gasteiger partial charge in [-0.3, -0.25) is 9.59 Å². The average molecular weight is 353 g/mol. The monoisotopic (exact) mass is 353 g/mol. The molecule has 0 aromatic carbocycles. The number of amides is 2. The molecule has 0 bridgehead atoms. The van der Waals surface area contributed by atoms with Crippen LogP contribution in [0.3, 0.4) is 0 Å². The zero-order valence-corrected chi connectivity index (χ0v) is 13.6. The number of hydrogen-bond donors (Lipinski definition) is 2. The number of piperazine rings is 1. The molecular weight excluding hydrogens is 338 g/mol. The van der Waals surface area contributed by atoms with Crippen LogP contribution in [0.15, 0.2) is 52.0 Å². The van der Waals surface area contributed by atoms with Gasteiger partial charge in [-0.15, -0.1) is 0 Å². The molecule has 26 heavy (non-hydrogen) atoms. The molecule has 9 nitrogen and oxygen atoms in total. The fraction of sp³-hybridized carbons (Fsp3) is 0.176. The van der Waals surface area contributed by atoms with Crippen LogP contribution in [-0.4, -0.2) is 41.4 Å². The van der Waals surface area contributed by atoms with Gasteiger partial charge in [-0.1, -0.05) is 0 Å². The number of pyridine rings is 1. The lowest BCUT2D eigenvalue weighted by atomic mass is 10.2. The molecule has 0 unspecified atom stereocenters. The Labute approximate surface area is 148 Å². The van der Waals surface area contributed by atoms with Gasteiger partial charge in [0.2, 0.25) is 11.7 Å². The summed E-state index contributed by atoms with van der Waals surface area (Å²) in [6.07, 6.45) is 4.21. The van der Waals surface area contributed by atoms with Crippen molar-refractivity contribution in [3.8, 4) is 11.5 Å². The second-order valence-electron chi connectivity index (χ2n) is 5.64. The van der Waals surface area contributed by atoms with Gasteiger partial charge in [0.15, 0.2) is 17.8 Å². The second kappa shape index (κ2) is 6.71. The predicted octanol–water partition coefficient (Wildman–Crippen LogP) is 1.52. The highest BCUT2D eigenvalue weighted by atomic mass is 16.4. The normalized spacial score (nSPS) is 14.2. The Bertz CT molecular complexity index is 917. The van der Waals surface area contributed by atoms with E-state index in [0.29, 0.717) is 30.4 Å². The Morgan fingerprint density at radius 1 is 1.23 bits per heavy atom. The van der Waals surface area contributed by atoms with Gasteiger partial charge in [-0.2, -0.15) is 0 Å². The van der Waals surface area contributed by atoms with Crippen molar-refractivity contribution >= 4 is 23.3 Å². The fourth-order valence-electron chi connectivity index (χ4n) is 2.66. The van der Waals surface area contributed by atoms with E-state index in [9.17, 15) is 9.59 Å². The molecule has 3 aromatic heterocycles. The van der Waals surface area contributed by atoms with E-state index in [4.69, 9.17) is 8.83 Å². The number of anilines is 2. The maximum absolute atomic E-state index is 12.5. The molecule has 3 aromatic rings. The van der Waals surface area contributed by atoms with E-state index in [1.54, 1.807) is 24.3 Å². The van der Waals surface area contributed by atoms with Gasteiger partial charge >= 0.3 is 0 Å². The Balaban J connectivity index is 1.47. The smallest absolute Gasteiger partial charge is 0.278 e. The highest BCUT2D eigenvalue weighted by molar-refractivity contribution is 6.06. The van der Waals surface area contributed by atoms with Gasteiger partial charge in [0.05, 0.1) is 24.7 Å². The maximum atomic E-state index is 12.5. The van der Waals surface area contributed by atoms with Crippen LogP contribution in [0.1, 0.15) is 10.5 Å². The number of furan rings is 1. The van der Waals surface area contributed by atoms with Crippen LogP contribution in [0.25, 0.3) is 11.5 Å². The minimum atomic E-state index is -0.433. The molecule has 0 aliphatic carbocycles. The van der Waals surface area contributed by atoms with Crippen molar-refractivity contribution in [1.29, 1.82) is 0 Å². The molecule has 2 N–H and O–H groups in total. The predicted molar refractivity (Wildman–Crippen MR) is 91.6 cm³/mol. The van der Waals surface area contributed by atoms with E-state index in [0.717, 1.165) is 0 Å². The molecule has 1 aliphatic heterocycles. The van der Waals surface area contributed by atoms with Gasteiger partial charge in [-0.25, -0.2) is 9.97 Å². The minimum absolute atomic E-state index is 0.0353. The molecular formula is C17H15N5O4. The topological polar surface area (TPSA) is 114 Å². The summed E-state index contributed by atoms with van der Waals surface area (Å²) in [6.45, 7) is 1.54. The van der Waals surface area contributed by atoms with E-state index >= 15 is 0 Å². The lowest BCUT2D eigenvalue weighted by Crippen LogP contribution is -2.48. The quantitative estimate of drug-likeness (QED) is 0.731. The van der Waals surface area contributed by atoms with Crippen LogP contribution in [0, 0.1) is 0 Å². The Kier molecular flexibility index (Phi) is 4.10. The Morgan fingerprint density at radius 2 is 2.15 bits per heavy atom. The number of carbonyl (C=O) groups excluding carboxylic acids is 2. The molecule has 0 atom stereocenters. The van der Waals surface area contributed by atoms with E-state index in [1.807, 2.05) is 4.90 Å². The summed E-state index contributed by atoms with van der Waals surface area (Å²) in [5, 5.41) is 5.48. The van der Waals surface area contributed by atoms with Gasteiger partial charge in [0.25, 0.3) is 5.91 Å². The number of aromatic nitrogens is 2. The van der Waals surface area contributed by atoms with Gasteiger partial charge in [-0.05, 0) is 24.3 Å². The molecule has 2 amide bonds. The Hall–Kier alpha value is -3.62. The lowest BCUT2D eigenvalue weighted by Gasteiger charge is -2.27. The molecule has 9 heteroatoms. The van der Waals surface area contributed by atoms with Crippen LogP contribution in [0.4, 0.5) is 11.5 Å². The summed E-state index contributed by atoms with van der Waals surface area (Å²) in [5.41, 5.74) is 0.630. The number of nitrogens with zero attached hydrogens (tertiary/aromatic N) is 3. The second-order valence-corrected chi connectivity index (χ2v) is 5.64. The SMILES string of the molecule is O=C1CN(c2ccc(NC(=O)c3ncoc3-c3ccco3)cn2)CCN1. The molecule has 132 valence electrons. The maximum Gasteiger partial charge on any atom is 0.278 e. The summed E-state index contributed by atoms with van der Waals surface area (Å²) in [6, 6.07) is 6.86. The first-order chi connectivity index (χ1) is 12.7. The number of oxazole rings is 1. The Morgan fingerprint density at radius 3 is 2.88 bits per heavy atom. The fourth-order valence-corrected chi connectivity index (χ4v) is 2.66. The first kappa shape index (κ1) is 15.9. The van der Waals surface area contributed by atoms with Crippen molar-refractivity contribution < 1.29 is 18.4 Å². The number of carbonyl (C=O) groups is 2. The lowest BCUT2D eigenvalue weighted by molar-refractivity contribution is -0.120. The summed E-state index contributed by atoms with van der Waals surface area (Å²) in [7, 11) is 0. The van der Waals surface area contributed by atoms with Crippen LogP contribution >= 0.6 is 0 Å². The summed E-state index contributed by atoms with van der Waals surface area (Å²) in [5.74, 6) is 0.889. The van der Waals surface area contributed by atoms with Crippen molar-refractivity contribution in [3.63, 3.8) is 0 Å².